The normalized spacial score (nSPS) is 34.4. The van der Waals surface area contributed by atoms with Gasteiger partial charge in [0.1, 0.15) is 18.0 Å². The molecule has 2 aromatic carbocycles. The van der Waals surface area contributed by atoms with Crippen molar-refractivity contribution in [2.45, 2.75) is 62.6 Å². The molecule has 2 aromatic rings. The predicted molar refractivity (Wildman–Crippen MR) is 117 cm³/mol. The van der Waals surface area contributed by atoms with Gasteiger partial charge in [-0.2, -0.15) is 0 Å². The van der Waals surface area contributed by atoms with E-state index >= 15 is 0 Å². The molecular weight excluding hydrogens is 416 g/mol. The standard InChI is InChI=1S/C25H29ClO5/c26-21-6-3-15(23-12-22(28)25(29)24(13-27)31-23)8-18(21)7-14-1-4-19(5-2-14)30-20-10-16-9-17(16)11-20/h1-6,8,16-17,20,22-25,27-29H,7,9-13H2/t16?,17?,20?,22?,23-,24?,25-/m0/s1. The highest BCUT2D eigenvalue weighted by Crippen LogP contribution is 2.52. The molecule has 166 valence electrons. The number of halogens is 1. The first-order chi connectivity index (χ1) is 15.0. The van der Waals surface area contributed by atoms with E-state index in [2.05, 4.69) is 12.1 Å². The van der Waals surface area contributed by atoms with Crippen molar-refractivity contribution in [1.29, 1.82) is 0 Å². The quantitative estimate of drug-likeness (QED) is 0.633. The number of aliphatic hydroxyl groups excluding tert-OH is 3. The van der Waals surface area contributed by atoms with E-state index in [0.29, 0.717) is 17.5 Å². The Morgan fingerprint density at radius 2 is 1.71 bits per heavy atom. The number of hydrogen-bond donors (Lipinski definition) is 3. The van der Waals surface area contributed by atoms with Crippen molar-refractivity contribution >= 4 is 11.6 Å². The van der Waals surface area contributed by atoms with Crippen LogP contribution >= 0.6 is 11.6 Å². The lowest BCUT2D eigenvalue weighted by Crippen LogP contribution is -2.47. The van der Waals surface area contributed by atoms with Gasteiger partial charge in [-0.05, 0) is 72.4 Å². The molecule has 5 nitrogen and oxygen atoms in total. The van der Waals surface area contributed by atoms with Crippen molar-refractivity contribution < 1.29 is 24.8 Å². The van der Waals surface area contributed by atoms with E-state index in [1.165, 1.54) is 19.3 Å². The SMILES string of the molecule is OCC1O[C@H](c2ccc(Cl)c(Cc3ccc(OC4CC5CC5C4)cc3)c2)CC(O)[C@@H]1O. The fraction of sp³-hybridized carbons (Fsp3) is 0.520. The van der Waals surface area contributed by atoms with Crippen LogP contribution in [0.3, 0.4) is 0 Å². The van der Waals surface area contributed by atoms with Crippen LogP contribution in [0.1, 0.15) is 48.5 Å². The number of aliphatic hydroxyl groups is 3. The molecule has 5 rings (SSSR count). The molecule has 3 aliphatic rings. The van der Waals surface area contributed by atoms with Gasteiger partial charge >= 0.3 is 0 Å². The highest BCUT2D eigenvalue weighted by molar-refractivity contribution is 6.31. The Hall–Kier alpha value is -1.63. The van der Waals surface area contributed by atoms with Gasteiger partial charge < -0.3 is 24.8 Å². The van der Waals surface area contributed by atoms with E-state index in [9.17, 15) is 15.3 Å². The smallest absolute Gasteiger partial charge is 0.119 e. The fourth-order valence-corrected chi connectivity index (χ4v) is 5.29. The second-order valence-corrected chi connectivity index (χ2v) is 9.69. The Labute approximate surface area is 187 Å². The average Bonchev–Trinajstić information content (AvgIpc) is 3.38. The van der Waals surface area contributed by atoms with Gasteiger partial charge in [0.25, 0.3) is 0 Å². The zero-order valence-electron chi connectivity index (χ0n) is 17.4. The van der Waals surface area contributed by atoms with Crippen molar-refractivity contribution in [2.24, 2.45) is 11.8 Å². The van der Waals surface area contributed by atoms with Crippen LogP contribution in [-0.4, -0.2) is 46.3 Å². The minimum atomic E-state index is -1.08. The molecule has 0 aromatic heterocycles. The average molecular weight is 445 g/mol. The third-order valence-electron chi connectivity index (χ3n) is 7.01. The molecular formula is C25H29ClO5. The third-order valence-corrected chi connectivity index (χ3v) is 7.38. The topological polar surface area (TPSA) is 79.2 Å². The van der Waals surface area contributed by atoms with E-state index in [1.54, 1.807) is 0 Å². The Balaban J connectivity index is 1.26. The number of fused-ring (bicyclic) bond motifs is 1. The van der Waals surface area contributed by atoms with Gasteiger partial charge in [-0.3, -0.25) is 0 Å². The maximum atomic E-state index is 10.1. The maximum absolute atomic E-state index is 10.1. The molecule has 1 aliphatic heterocycles. The molecule has 31 heavy (non-hydrogen) atoms. The molecule has 2 saturated carbocycles. The van der Waals surface area contributed by atoms with Crippen LogP contribution in [0, 0.1) is 11.8 Å². The molecule has 2 aliphatic carbocycles. The summed E-state index contributed by atoms with van der Waals surface area (Å²) in [4.78, 5) is 0. The molecule has 6 atom stereocenters. The van der Waals surface area contributed by atoms with E-state index in [1.807, 2.05) is 30.3 Å². The van der Waals surface area contributed by atoms with Crippen LogP contribution in [0.15, 0.2) is 42.5 Å². The highest BCUT2D eigenvalue weighted by Gasteiger charge is 2.46. The Morgan fingerprint density at radius 1 is 0.968 bits per heavy atom. The third kappa shape index (κ3) is 4.62. The van der Waals surface area contributed by atoms with E-state index in [-0.39, 0.29) is 13.0 Å². The minimum Gasteiger partial charge on any atom is -0.490 e. The van der Waals surface area contributed by atoms with Crippen LogP contribution in [0.2, 0.25) is 5.02 Å². The summed E-state index contributed by atoms with van der Waals surface area (Å²) in [6, 6.07) is 13.9. The summed E-state index contributed by atoms with van der Waals surface area (Å²) in [5.74, 6) is 2.74. The van der Waals surface area contributed by atoms with Crippen LogP contribution < -0.4 is 4.74 Å². The van der Waals surface area contributed by atoms with Gasteiger partial charge in [0.05, 0.1) is 24.9 Å². The number of ether oxygens (including phenoxy) is 2. The van der Waals surface area contributed by atoms with Crippen molar-refractivity contribution in [3.8, 4) is 5.75 Å². The summed E-state index contributed by atoms with van der Waals surface area (Å²) in [7, 11) is 0. The summed E-state index contributed by atoms with van der Waals surface area (Å²) in [5, 5.41) is 30.2. The van der Waals surface area contributed by atoms with E-state index in [0.717, 1.165) is 34.3 Å². The van der Waals surface area contributed by atoms with Crippen LogP contribution in [-0.2, 0) is 11.2 Å². The lowest BCUT2D eigenvalue weighted by molar-refractivity contribution is -0.181. The van der Waals surface area contributed by atoms with Crippen LogP contribution in [0.4, 0.5) is 0 Å². The molecule has 0 bridgehead atoms. The Bertz CT molecular complexity index is 907. The summed E-state index contributed by atoms with van der Waals surface area (Å²) >= 11 is 6.46. The molecule has 1 saturated heterocycles. The summed E-state index contributed by atoms with van der Waals surface area (Å²) in [6.45, 7) is -0.342. The zero-order valence-corrected chi connectivity index (χ0v) is 18.1. The molecule has 0 radical (unpaired) electrons. The summed E-state index contributed by atoms with van der Waals surface area (Å²) < 4.78 is 12.0. The zero-order chi connectivity index (χ0) is 21.5. The molecule has 0 amide bonds. The van der Waals surface area contributed by atoms with Gasteiger partial charge in [0, 0.05) is 11.4 Å². The molecule has 3 N–H and O–H groups in total. The predicted octanol–water partition coefficient (Wildman–Crippen LogP) is 3.65. The molecule has 4 unspecified atom stereocenters. The number of benzene rings is 2. The van der Waals surface area contributed by atoms with Crippen molar-refractivity contribution in [3.63, 3.8) is 0 Å². The van der Waals surface area contributed by atoms with Crippen molar-refractivity contribution in [2.75, 3.05) is 6.61 Å². The van der Waals surface area contributed by atoms with Crippen molar-refractivity contribution in [1.82, 2.24) is 0 Å². The number of rotatable bonds is 6. The lowest BCUT2D eigenvalue weighted by Gasteiger charge is -2.36. The van der Waals surface area contributed by atoms with Crippen LogP contribution in [0.25, 0.3) is 0 Å². The number of hydrogen-bond acceptors (Lipinski definition) is 5. The fourth-order valence-electron chi connectivity index (χ4n) is 5.10. The Morgan fingerprint density at radius 3 is 2.42 bits per heavy atom. The Kier molecular flexibility index (Phi) is 5.97. The van der Waals surface area contributed by atoms with E-state index < -0.39 is 24.4 Å². The van der Waals surface area contributed by atoms with Gasteiger partial charge in [-0.15, -0.1) is 0 Å². The minimum absolute atomic E-state index is 0.271. The van der Waals surface area contributed by atoms with Gasteiger partial charge in [0.2, 0.25) is 0 Å². The second-order valence-electron chi connectivity index (χ2n) is 9.28. The van der Waals surface area contributed by atoms with Gasteiger partial charge in [-0.1, -0.05) is 35.9 Å². The molecule has 1 heterocycles. The van der Waals surface area contributed by atoms with Crippen LogP contribution in [0.5, 0.6) is 5.75 Å². The molecule has 0 spiro atoms. The first-order valence-corrected chi connectivity index (χ1v) is 11.5. The largest absolute Gasteiger partial charge is 0.490 e. The first-order valence-electron chi connectivity index (χ1n) is 11.2. The highest BCUT2D eigenvalue weighted by atomic mass is 35.5. The second kappa shape index (κ2) is 8.72. The summed E-state index contributed by atoms with van der Waals surface area (Å²) in [6.07, 6.45) is 1.87. The first kappa shape index (κ1) is 21.2. The molecule has 3 fully saturated rings. The summed E-state index contributed by atoms with van der Waals surface area (Å²) in [5.41, 5.74) is 2.98. The van der Waals surface area contributed by atoms with Gasteiger partial charge in [-0.25, -0.2) is 0 Å². The lowest BCUT2D eigenvalue weighted by atomic mass is 9.92. The van der Waals surface area contributed by atoms with E-state index in [4.69, 9.17) is 21.1 Å². The van der Waals surface area contributed by atoms with Crippen molar-refractivity contribution in [3.05, 3.63) is 64.2 Å². The molecule has 6 heteroatoms. The monoisotopic (exact) mass is 444 g/mol. The maximum Gasteiger partial charge on any atom is 0.119 e. The van der Waals surface area contributed by atoms with Gasteiger partial charge in [0.15, 0.2) is 0 Å².